The first-order chi connectivity index (χ1) is 9.69. The zero-order valence-electron chi connectivity index (χ0n) is 11.3. The van der Waals surface area contributed by atoms with Crippen molar-refractivity contribution in [3.8, 4) is 11.1 Å². The molecule has 0 aromatic heterocycles. The van der Waals surface area contributed by atoms with Gasteiger partial charge in [0.1, 0.15) is 0 Å². The van der Waals surface area contributed by atoms with Crippen molar-refractivity contribution < 1.29 is 14.6 Å². The molecule has 0 aliphatic heterocycles. The molecule has 1 aliphatic carbocycles. The van der Waals surface area contributed by atoms with Crippen LogP contribution in [0, 0.1) is 0 Å². The van der Waals surface area contributed by atoms with E-state index in [-0.39, 0.29) is 0 Å². The Morgan fingerprint density at radius 2 is 1.55 bits per heavy atom. The highest BCUT2D eigenvalue weighted by molar-refractivity contribution is 5.96. The van der Waals surface area contributed by atoms with Crippen LogP contribution in [-0.2, 0) is 15.1 Å². The Labute approximate surface area is 117 Å². The summed E-state index contributed by atoms with van der Waals surface area (Å²) in [4.78, 5) is 12.4. The van der Waals surface area contributed by atoms with Gasteiger partial charge in [0.25, 0.3) is 0 Å². The van der Waals surface area contributed by atoms with Gasteiger partial charge in [-0.3, -0.25) is 0 Å². The zero-order chi connectivity index (χ0) is 14.2. The van der Waals surface area contributed by atoms with E-state index >= 15 is 0 Å². The fourth-order valence-corrected chi connectivity index (χ4v) is 2.73. The first-order valence-electron chi connectivity index (χ1n) is 6.78. The van der Waals surface area contributed by atoms with Gasteiger partial charge in [-0.15, -0.1) is 0 Å². The molecular formula is C17H16O3. The fraction of sp³-hybridized carbons (Fsp3) is 0.235. The highest BCUT2D eigenvalue weighted by Crippen LogP contribution is 2.47. The third-order valence-corrected chi connectivity index (χ3v) is 3.66. The molecule has 1 aliphatic rings. The number of rotatable bonds is 3. The lowest BCUT2D eigenvalue weighted by Crippen LogP contribution is -2.36. The molecule has 0 amide bonds. The molecule has 20 heavy (non-hydrogen) atoms. The molecule has 1 N–H and O–H groups in total. The number of hydrogen-bond acceptors (Lipinski definition) is 3. The first kappa shape index (κ1) is 12.9. The minimum atomic E-state index is -1.69. The van der Waals surface area contributed by atoms with Crippen molar-refractivity contribution in [3.05, 3.63) is 59.7 Å². The van der Waals surface area contributed by atoms with Gasteiger partial charge in [-0.1, -0.05) is 55.5 Å². The van der Waals surface area contributed by atoms with Gasteiger partial charge in [-0.05, 0) is 17.5 Å². The lowest BCUT2D eigenvalue weighted by Gasteiger charge is -2.23. The molecule has 0 fully saturated rings. The SMILES string of the molecule is CCCOC(=O)C1(O)c2ccccc2-c2ccccc21. The molecular weight excluding hydrogens is 252 g/mol. The predicted octanol–water partition coefficient (Wildman–Crippen LogP) is 2.86. The van der Waals surface area contributed by atoms with Crippen LogP contribution in [0.5, 0.6) is 0 Å². The predicted molar refractivity (Wildman–Crippen MR) is 76.1 cm³/mol. The summed E-state index contributed by atoms with van der Waals surface area (Å²) in [5.74, 6) is -0.600. The van der Waals surface area contributed by atoms with E-state index in [2.05, 4.69) is 0 Å². The van der Waals surface area contributed by atoms with Crippen LogP contribution in [-0.4, -0.2) is 17.7 Å². The monoisotopic (exact) mass is 268 g/mol. The topological polar surface area (TPSA) is 46.5 Å². The summed E-state index contributed by atoms with van der Waals surface area (Å²) in [5.41, 5.74) is 1.28. The normalized spacial score (nSPS) is 14.5. The summed E-state index contributed by atoms with van der Waals surface area (Å²) < 4.78 is 5.20. The van der Waals surface area contributed by atoms with Gasteiger partial charge in [0.15, 0.2) is 0 Å². The molecule has 0 saturated heterocycles. The van der Waals surface area contributed by atoms with E-state index in [4.69, 9.17) is 4.74 Å². The van der Waals surface area contributed by atoms with Crippen LogP contribution in [0.3, 0.4) is 0 Å². The largest absolute Gasteiger partial charge is 0.463 e. The first-order valence-corrected chi connectivity index (χ1v) is 6.78. The molecule has 0 bridgehead atoms. The van der Waals surface area contributed by atoms with Crippen LogP contribution in [0.15, 0.2) is 48.5 Å². The van der Waals surface area contributed by atoms with E-state index in [1.54, 1.807) is 12.1 Å². The van der Waals surface area contributed by atoms with Crippen molar-refractivity contribution in [1.29, 1.82) is 0 Å². The van der Waals surface area contributed by atoms with Crippen LogP contribution < -0.4 is 0 Å². The number of carbonyl (C=O) groups excluding carboxylic acids is 1. The summed E-state index contributed by atoms with van der Waals surface area (Å²) in [6, 6.07) is 14.8. The third-order valence-electron chi connectivity index (χ3n) is 3.66. The Morgan fingerprint density at radius 3 is 2.05 bits per heavy atom. The Balaban J connectivity index is 2.18. The van der Waals surface area contributed by atoms with Crippen molar-refractivity contribution in [1.82, 2.24) is 0 Å². The van der Waals surface area contributed by atoms with Gasteiger partial charge in [-0.25, -0.2) is 4.79 Å². The maximum absolute atomic E-state index is 12.4. The van der Waals surface area contributed by atoms with Crippen molar-refractivity contribution in [2.45, 2.75) is 18.9 Å². The number of benzene rings is 2. The molecule has 0 saturated carbocycles. The molecule has 3 nitrogen and oxygen atoms in total. The van der Waals surface area contributed by atoms with E-state index in [0.717, 1.165) is 17.5 Å². The molecule has 2 aromatic rings. The van der Waals surface area contributed by atoms with Gasteiger partial charge < -0.3 is 9.84 Å². The molecule has 0 radical (unpaired) electrons. The highest BCUT2D eigenvalue weighted by Gasteiger charge is 2.48. The molecule has 0 spiro atoms. The van der Waals surface area contributed by atoms with E-state index in [1.807, 2.05) is 43.3 Å². The Hall–Kier alpha value is -2.13. The van der Waals surface area contributed by atoms with Gasteiger partial charge in [0.2, 0.25) is 5.60 Å². The minimum Gasteiger partial charge on any atom is -0.463 e. The summed E-state index contributed by atoms with van der Waals surface area (Å²) >= 11 is 0. The van der Waals surface area contributed by atoms with Crippen LogP contribution in [0.4, 0.5) is 0 Å². The number of fused-ring (bicyclic) bond motifs is 3. The molecule has 3 heteroatoms. The van der Waals surface area contributed by atoms with Gasteiger partial charge in [0.05, 0.1) is 6.61 Å². The van der Waals surface area contributed by atoms with Crippen LogP contribution in [0.25, 0.3) is 11.1 Å². The van der Waals surface area contributed by atoms with Crippen molar-refractivity contribution in [2.75, 3.05) is 6.61 Å². The molecule has 102 valence electrons. The third kappa shape index (κ3) is 1.67. The number of hydrogen-bond donors (Lipinski definition) is 1. The fourth-order valence-electron chi connectivity index (χ4n) is 2.73. The highest BCUT2D eigenvalue weighted by atomic mass is 16.5. The van der Waals surface area contributed by atoms with E-state index in [1.165, 1.54) is 0 Å². The Bertz CT molecular complexity index is 615. The summed E-state index contributed by atoms with van der Waals surface area (Å²) in [6.07, 6.45) is 0.727. The molecule has 3 rings (SSSR count). The molecule has 0 atom stereocenters. The Morgan fingerprint density at radius 1 is 1.05 bits per heavy atom. The van der Waals surface area contributed by atoms with Crippen molar-refractivity contribution >= 4 is 5.97 Å². The number of esters is 1. The van der Waals surface area contributed by atoms with E-state index in [9.17, 15) is 9.90 Å². The summed E-state index contributed by atoms with van der Waals surface area (Å²) in [7, 11) is 0. The number of carbonyl (C=O) groups is 1. The minimum absolute atomic E-state index is 0.311. The van der Waals surface area contributed by atoms with Gasteiger partial charge in [-0.2, -0.15) is 0 Å². The second-order valence-corrected chi connectivity index (χ2v) is 4.94. The average Bonchev–Trinajstić information content (AvgIpc) is 2.77. The number of ether oxygens (including phenoxy) is 1. The smallest absolute Gasteiger partial charge is 0.347 e. The quantitative estimate of drug-likeness (QED) is 0.871. The van der Waals surface area contributed by atoms with Gasteiger partial charge >= 0.3 is 5.97 Å². The second-order valence-electron chi connectivity index (χ2n) is 4.94. The zero-order valence-corrected chi connectivity index (χ0v) is 11.3. The van der Waals surface area contributed by atoms with Crippen LogP contribution in [0.2, 0.25) is 0 Å². The van der Waals surface area contributed by atoms with E-state index < -0.39 is 11.6 Å². The summed E-state index contributed by atoms with van der Waals surface area (Å²) in [5, 5.41) is 11.0. The standard InChI is InChI=1S/C17H16O3/c1-2-11-20-16(18)17(19)14-9-5-3-7-12(14)13-8-4-6-10-15(13)17/h3-10,19H,2,11H2,1H3. The average molecular weight is 268 g/mol. The molecule has 0 heterocycles. The van der Waals surface area contributed by atoms with Gasteiger partial charge in [0, 0.05) is 11.1 Å². The number of aliphatic hydroxyl groups is 1. The van der Waals surface area contributed by atoms with Crippen molar-refractivity contribution in [3.63, 3.8) is 0 Å². The van der Waals surface area contributed by atoms with Crippen LogP contribution in [0.1, 0.15) is 24.5 Å². The lowest BCUT2D eigenvalue weighted by atomic mass is 9.91. The molecule has 2 aromatic carbocycles. The van der Waals surface area contributed by atoms with Crippen LogP contribution >= 0.6 is 0 Å². The lowest BCUT2D eigenvalue weighted by molar-refractivity contribution is -0.161. The molecule has 0 unspecified atom stereocenters. The van der Waals surface area contributed by atoms with Crippen molar-refractivity contribution in [2.24, 2.45) is 0 Å². The summed E-state index contributed by atoms with van der Waals surface area (Å²) in [6.45, 7) is 2.24. The second kappa shape index (κ2) is 4.76. The maximum Gasteiger partial charge on any atom is 0.347 e. The van der Waals surface area contributed by atoms with E-state index in [0.29, 0.717) is 17.7 Å². The Kier molecular flexibility index (Phi) is 3.07. The maximum atomic E-state index is 12.4.